The van der Waals surface area contributed by atoms with Crippen LogP contribution in [0.3, 0.4) is 0 Å². The molecule has 4 rings (SSSR count). The fraction of sp³-hybridized carbons (Fsp3) is 0.360. The summed E-state index contributed by atoms with van der Waals surface area (Å²) in [5, 5.41) is 1.94. The second-order valence-electron chi connectivity index (χ2n) is 7.68. The van der Waals surface area contributed by atoms with Gasteiger partial charge in [-0.25, -0.2) is 9.59 Å². The van der Waals surface area contributed by atoms with Gasteiger partial charge in [0.2, 0.25) is 0 Å². The monoisotopic (exact) mass is 422 g/mol. The minimum Gasteiger partial charge on any atom is -0.489 e. The van der Waals surface area contributed by atoms with Crippen LogP contribution in [0.15, 0.2) is 49.6 Å². The Morgan fingerprint density at radius 1 is 0.903 bits per heavy atom. The molecule has 0 spiro atoms. The first-order valence-electron chi connectivity index (χ1n) is 10.6. The Morgan fingerprint density at radius 3 is 2.10 bits per heavy atom. The molecule has 6 nitrogen and oxygen atoms in total. The summed E-state index contributed by atoms with van der Waals surface area (Å²) in [4.78, 5) is 22.6. The lowest BCUT2D eigenvalue weighted by Gasteiger charge is -2.25. The molecule has 2 unspecified atom stereocenters. The molecule has 2 aliphatic rings. The number of hydrogen-bond donors (Lipinski definition) is 0. The largest absolute Gasteiger partial charge is 0.489 e. The van der Waals surface area contributed by atoms with Crippen LogP contribution in [0.1, 0.15) is 29.9 Å². The van der Waals surface area contributed by atoms with Crippen molar-refractivity contribution in [3.63, 3.8) is 0 Å². The molecule has 31 heavy (non-hydrogen) atoms. The smallest absolute Gasteiger partial charge is 0.330 e. The zero-order valence-electron chi connectivity index (χ0n) is 17.4. The summed E-state index contributed by atoms with van der Waals surface area (Å²) in [6, 6.07) is 7.99. The highest BCUT2D eigenvalue weighted by atomic mass is 16.6. The molecule has 2 aromatic carbocycles. The predicted molar refractivity (Wildman–Crippen MR) is 116 cm³/mol. The van der Waals surface area contributed by atoms with Crippen molar-refractivity contribution in [3.8, 4) is 11.5 Å². The van der Waals surface area contributed by atoms with E-state index in [9.17, 15) is 9.59 Å². The molecule has 2 aliphatic carbocycles. The van der Waals surface area contributed by atoms with Crippen LogP contribution in [0.25, 0.3) is 10.8 Å². The molecule has 0 N–H and O–H groups in total. The predicted octanol–water partition coefficient (Wildman–Crippen LogP) is 4.11. The van der Waals surface area contributed by atoms with E-state index in [0.717, 1.165) is 53.7 Å². The van der Waals surface area contributed by atoms with E-state index in [-0.39, 0.29) is 26.4 Å². The Labute approximate surface area is 181 Å². The molecule has 2 atom stereocenters. The molecule has 0 aliphatic heterocycles. The number of carbonyl (C=O) groups excluding carboxylic acids is 2. The molecule has 2 aromatic rings. The first kappa shape index (κ1) is 21.0. The van der Waals surface area contributed by atoms with Gasteiger partial charge in [0.05, 0.1) is 0 Å². The maximum Gasteiger partial charge on any atom is 0.330 e. The average molecular weight is 422 g/mol. The molecule has 1 saturated carbocycles. The van der Waals surface area contributed by atoms with E-state index in [0.29, 0.717) is 11.8 Å². The third-order valence-electron chi connectivity index (χ3n) is 5.80. The molecule has 1 fully saturated rings. The van der Waals surface area contributed by atoms with Gasteiger partial charge in [-0.2, -0.15) is 0 Å². The Morgan fingerprint density at radius 2 is 1.48 bits per heavy atom. The fourth-order valence-corrected chi connectivity index (χ4v) is 4.35. The standard InChI is InChI=1S/C25H26O6/c1-3-21(26)28-11-13-30-24-17-7-5-6-8-18(17)25(31-14-12-29-22(27)4-2)23-19(24)10-9-16-15-20(16)23/h3-8,16,20H,1-2,9-15H2. The van der Waals surface area contributed by atoms with Crippen LogP contribution < -0.4 is 9.47 Å². The van der Waals surface area contributed by atoms with Crippen LogP contribution in [-0.2, 0) is 25.5 Å². The second-order valence-corrected chi connectivity index (χ2v) is 7.68. The van der Waals surface area contributed by atoms with Gasteiger partial charge in [-0.3, -0.25) is 0 Å². The maximum atomic E-state index is 11.3. The summed E-state index contributed by atoms with van der Waals surface area (Å²) in [5.41, 5.74) is 2.38. The van der Waals surface area contributed by atoms with Crippen molar-refractivity contribution >= 4 is 22.7 Å². The van der Waals surface area contributed by atoms with Crippen LogP contribution in [0.2, 0.25) is 0 Å². The number of carbonyl (C=O) groups is 2. The summed E-state index contributed by atoms with van der Waals surface area (Å²) in [6.07, 6.45) is 5.50. The molecule has 6 heteroatoms. The topological polar surface area (TPSA) is 71.1 Å². The molecular weight excluding hydrogens is 396 g/mol. The van der Waals surface area contributed by atoms with Crippen LogP contribution in [0, 0.1) is 5.92 Å². The quantitative estimate of drug-likeness (QED) is 0.326. The third kappa shape index (κ3) is 4.43. The van der Waals surface area contributed by atoms with Gasteiger partial charge in [-0.15, -0.1) is 0 Å². The summed E-state index contributed by atoms with van der Waals surface area (Å²) >= 11 is 0. The SMILES string of the molecule is C=CC(=O)OCCOc1c2c(c(OCCOC(=O)C=C)c3ccccc13)C1CC1CC2. The van der Waals surface area contributed by atoms with E-state index < -0.39 is 11.9 Å². The van der Waals surface area contributed by atoms with Crippen molar-refractivity contribution in [1.29, 1.82) is 0 Å². The van der Waals surface area contributed by atoms with Gasteiger partial charge in [-0.1, -0.05) is 37.4 Å². The second kappa shape index (κ2) is 9.25. The van der Waals surface area contributed by atoms with Gasteiger partial charge in [0.15, 0.2) is 0 Å². The molecule has 0 radical (unpaired) electrons. The number of rotatable bonds is 10. The van der Waals surface area contributed by atoms with Crippen LogP contribution in [0.4, 0.5) is 0 Å². The minimum atomic E-state index is -0.461. The normalized spacial score (nSPS) is 18.3. The number of ether oxygens (including phenoxy) is 4. The average Bonchev–Trinajstić information content (AvgIpc) is 3.59. The maximum absolute atomic E-state index is 11.3. The third-order valence-corrected chi connectivity index (χ3v) is 5.80. The Kier molecular flexibility index (Phi) is 6.26. The molecule has 0 amide bonds. The van der Waals surface area contributed by atoms with Crippen molar-refractivity contribution in [2.45, 2.75) is 25.2 Å². The van der Waals surface area contributed by atoms with E-state index in [1.807, 2.05) is 24.3 Å². The van der Waals surface area contributed by atoms with E-state index in [2.05, 4.69) is 13.2 Å². The highest BCUT2D eigenvalue weighted by Crippen LogP contribution is 2.60. The number of esters is 2. The fourth-order valence-electron chi connectivity index (χ4n) is 4.35. The van der Waals surface area contributed by atoms with Gasteiger partial charge in [0, 0.05) is 34.1 Å². The first-order valence-corrected chi connectivity index (χ1v) is 10.6. The molecule has 0 bridgehead atoms. The van der Waals surface area contributed by atoms with Crippen molar-refractivity contribution in [2.24, 2.45) is 5.92 Å². The highest BCUT2D eigenvalue weighted by molar-refractivity contribution is 5.96. The highest BCUT2D eigenvalue weighted by Gasteiger charge is 2.45. The van der Waals surface area contributed by atoms with E-state index in [4.69, 9.17) is 18.9 Å². The number of fused-ring (bicyclic) bond motifs is 4. The zero-order valence-corrected chi connectivity index (χ0v) is 17.4. The lowest BCUT2D eigenvalue weighted by molar-refractivity contribution is -0.139. The molecular formula is C25H26O6. The van der Waals surface area contributed by atoms with Crippen molar-refractivity contribution in [2.75, 3.05) is 26.4 Å². The lowest BCUT2D eigenvalue weighted by Crippen LogP contribution is -2.15. The van der Waals surface area contributed by atoms with Crippen molar-refractivity contribution in [3.05, 3.63) is 60.7 Å². The minimum absolute atomic E-state index is 0.160. The number of benzene rings is 2. The van der Waals surface area contributed by atoms with Crippen LogP contribution >= 0.6 is 0 Å². The van der Waals surface area contributed by atoms with Crippen molar-refractivity contribution < 1.29 is 28.5 Å². The first-order chi connectivity index (χ1) is 15.1. The van der Waals surface area contributed by atoms with Gasteiger partial charge in [0.25, 0.3) is 0 Å². The summed E-state index contributed by atoms with van der Waals surface area (Å²) in [5.74, 6) is 1.95. The van der Waals surface area contributed by atoms with Gasteiger partial charge >= 0.3 is 11.9 Å². The van der Waals surface area contributed by atoms with E-state index in [1.54, 1.807) is 0 Å². The summed E-state index contributed by atoms with van der Waals surface area (Å²) in [7, 11) is 0. The van der Waals surface area contributed by atoms with Crippen molar-refractivity contribution in [1.82, 2.24) is 0 Å². The van der Waals surface area contributed by atoms with Gasteiger partial charge in [-0.05, 0) is 31.1 Å². The van der Waals surface area contributed by atoms with Gasteiger partial charge < -0.3 is 18.9 Å². The Bertz CT molecular complexity index is 1020. The van der Waals surface area contributed by atoms with E-state index in [1.165, 1.54) is 11.1 Å². The number of hydrogen-bond acceptors (Lipinski definition) is 6. The molecule has 0 heterocycles. The summed E-state index contributed by atoms with van der Waals surface area (Å²) < 4.78 is 22.5. The zero-order chi connectivity index (χ0) is 21.8. The van der Waals surface area contributed by atoms with Gasteiger partial charge in [0.1, 0.15) is 37.9 Å². The Balaban J connectivity index is 1.63. The lowest BCUT2D eigenvalue weighted by atomic mass is 9.87. The summed E-state index contributed by atoms with van der Waals surface area (Å²) in [6.45, 7) is 7.66. The van der Waals surface area contributed by atoms with Crippen LogP contribution in [-0.4, -0.2) is 38.4 Å². The van der Waals surface area contributed by atoms with E-state index >= 15 is 0 Å². The molecule has 162 valence electrons. The molecule has 0 saturated heterocycles. The van der Waals surface area contributed by atoms with Crippen LogP contribution in [0.5, 0.6) is 11.5 Å². The molecule has 0 aromatic heterocycles. The Hall–Kier alpha value is -3.28.